The average Bonchev–Trinajstić information content (AvgIpc) is 2.38. The number of hydrogen-bond acceptors (Lipinski definition) is 2. The van der Waals surface area contributed by atoms with E-state index in [0.717, 1.165) is 12.8 Å². The van der Waals surface area contributed by atoms with Gasteiger partial charge in [-0.25, -0.2) is 9.18 Å². The summed E-state index contributed by atoms with van der Waals surface area (Å²) in [5, 5.41) is 12.3. The van der Waals surface area contributed by atoms with Gasteiger partial charge in [-0.15, -0.1) is 0 Å². The molecule has 0 aliphatic heterocycles. The molecule has 0 atom stereocenters. The number of benzene rings is 1. The summed E-state index contributed by atoms with van der Waals surface area (Å²) >= 11 is 0. The minimum absolute atomic E-state index is 0.0456. The summed E-state index contributed by atoms with van der Waals surface area (Å²) in [6.07, 6.45) is 5.84. The van der Waals surface area contributed by atoms with Crippen LogP contribution in [0.1, 0.15) is 54.9 Å². The van der Waals surface area contributed by atoms with Crippen molar-refractivity contribution < 1.29 is 14.3 Å². The minimum Gasteiger partial charge on any atom is -0.478 e. The van der Waals surface area contributed by atoms with Crippen LogP contribution < -0.4 is 5.32 Å². The van der Waals surface area contributed by atoms with Crippen molar-refractivity contribution in [2.75, 3.05) is 0 Å². The van der Waals surface area contributed by atoms with Crippen LogP contribution in [0.25, 0.3) is 0 Å². The number of carboxylic acids is 1. The maximum absolute atomic E-state index is 13.7. The molecule has 1 aromatic rings. The SMILES string of the molecule is CC1(NCc2cc(C(=O)O)ccc2F)CCCCC1. The number of hydrogen-bond donors (Lipinski definition) is 2. The monoisotopic (exact) mass is 265 g/mol. The Kier molecular flexibility index (Phi) is 4.20. The fourth-order valence-corrected chi connectivity index (χ4v) is 2.66. The van der Waals surface area contributed by atoms with E-state index in [9.17, 15) is 9.18 Å². The molecule has 0 unspecified atom stereocenters. The topological polar surface area (TPSA) is 49.3 Å². The Morgan fingerprint density at radius 2 is 2.05 bits per heavy atom. The fourth-order valence-electron chi connectivity index (χ4n) is 2.66. The Morgan fingerprint density at radius 1 is 1.37 bits per heavy atom. The number of nitrogens with one attached hydrogen (secondary N) is 1. The van der Waals surface area contributed by atoms with E-state index in [1.165, 1.54) is 37.5 Å². The van der Waals surface area contributed by atoms with E-state index < -0.39 is 5.97 Å². The quantitative estimate of drug-likeness (QED) is 0.877. The van der Waals surface area contributed by atoms with Crippen molar-refractivity contribution in [3.8, 4) is 0 Å². The van der Waals surface area contributed by atoms with Crippen molar-refractivity contribution in [1.82, 2.24) is 5.32 Å². The van der Waals surface area contributed by atoms with Gasteiger partial charge in [0.1, 0.15) is 5.82 Å². The second-order valence-corrected chi connectivity index (χ2v) is 5.59. The van der Waals surface area contributed by atoms with E-state index in [1.807, 2.05) is 0 Å². The van der Waals surface area contributed by atoms with E-state index in [4.69, 9.17) is 5.11 Å². The Balaban J connectivity index is 2.06. The molecule has 104 valence electrons. The van der Waals surface area contributed by atoms with Crippen LogP contribution in [0.5, 0.6) is 0 Å². The van der Waals surface area contributed by atoms with E-state index in [2.05, 4.69) is 12.2 Å². The van der Waals surface area contributed by atoms with Crippen LogP contribution in [0, 0.1) is 5.82 Å². The highest BCUT2D eigenvalue weighted by atomic mass is 19.1. The van der Waals surface area contributed by atoms with Crippen molar-refractivity contribution >= 4 is 5.97 Å². The van der Waals surface area contributed by atoms with E-state index in [-0.39, 0.29) is 16.9 Å². The fraction of sp³-hybridized carbons (Fsp3) is 0.533. The average molecular weight is 265 g/mol. The number of aromatic carboxylic acids is 1. The molecule has 0 spiro atoms. The summed E-state index contributed by atoms with van der Waals surface area (Å²) in [7, 11) is 0. The molecule has 1 saturated carbocycles. The maximum Gasteiger partial charge on any atom is 0.335 e. The zero-order valence-corrected chi connectivity index (χ0v) is 11.2. The van der Waals surface area contributed by atoms with Crippen molar-refractivity contribution in [2.24, 2.45) is 0 Å². The third-order valence-electron chi connectivity index (χ3n) is 3.96. The number of carbonyl (C=O) groups is 1. The first kappa shape index (κ1) is 14.0. The highest BCUT2D eigenvalue weighted by Crippen LogP contribution is 2.28. The van der Waals surface area contributed by atoms with Crippen LogP contribution in [-0.4, -0.2) is 16.6 Å². The molecule has 0 aromatic heterocycles. The van der Waals surface area contributed by atoms with Gasteiger partial charge in [0.2, 0.25) is 0 Å². The van der Waals surface area contributed by atoms with E-state index >= 15 is 0 Å². The van der Waals surface area contributed by atoms with E-state index in [1.54, 1.807) is 0 Å². The molecule has 2 rings (SSSR count). The molecular weight excluding hydrogens is 245 g/mol. The van der Waals surface area contributed by atoms with E-state index in [0.29, 0.717) is 12.1 Å². The van der Waals surface area contributed by atoms with Crippen LogP contribution in [0.4, 0.5) is 4.39 Å². The lowest BCUT2D eigenvalue weighted by Crippen LogP contribution is -2.43. The molecule has 19 heavy (non-hydrogen) atoms. The molecule has 1 aliphatic carbocycles. The van der Waals surface area contributed by atoms with Crippen LogP contribution in [0.15, 0.2) is 18.2 Å². The summed E-state index contributed by atoms with van der Waals surface area (Å²) in [6, 6.07) is 3.93. The molecule has 0 bridgehead atoms. The molecule has 1 aromatic carbocycles. The second-order valence-electron chi connectivity index (χ2n) is 5.59. The normalized spacial score (nSPS) is 18.2. The van der Waals surface area contributed by atoms with Crippen molar-refractivity contribution in [1.29, 1.82) is 0 Å². The predicted molar refractivity (Wildman–Crippen MR) is 71.7 cm³/mol. The summed E-state index contributed by atoms with van der Waals surface area (Å²) in [6.45, 7) is 2.54. The first-order chi connectivity index (χ1) is 9.00. The van der Waals surface area contributed by atoms with Crippen molar-refractivity contribution in [3.63, 3.8) is 0 Å². The van der Waals surface area contributed by atoms with Gasteiger partial charge in [-0.2, -0.15) is 0 Å². The van der Waals surface area contributed by atoms with Gasteiger partial charge in [-0.1, -0.05) is 19.3 Å². The third kappa shape index (κ3) is 3.53. The summed E-state index contributed by atoms with van der Waals surface area (Å²) in [5.74, 6) is -1.37. The summed E-state index contributed by atoms with van der Waals surface area (Å²) in [5.41, 5.74) is 0.600. The number of carboxylic acid groups (broad SMARTS) is 1. The number of halogens is 1. The lowest BCUT2D eigenvalue weighted by molar-refractivity contribution is 0.0696. The summed E-state index contributed by atoms with van der Waals surface area (Å²) in [4.78, 5) is 10.9. The first-order valence-electron chi connectivity index (χ1n) is 6.77. The lowest BCUT2D eigenvalue weighted by atomic mass is 9.83. The lowest BCUT2D eigenvalue weighted by Gasteiger charge is -2.35. The van der Waals surface area contributed by atoms with Crippen molar-refractivity contribution in [2.45, 2.75) is 51.1 Å². The minimum atomic E-state index is -1.02. The zero-order valence-electron chi connectivity index (χ0n) is 11.2. The Morgan fingerprint density at radius 3 is 2.68 bits per heavy atom. The Labute approximate surface area is 112 Å². The number of rotatable bonds is 4. The van der Waals surface area contributed by atoms with Gasteiger partial charge in [0.25, 0.3) is 0 Å². The molecule has 4 heteroatoms. The molecule has 0 saturated heterocycles. The van der Waals surface area contributed by atoms with Gasteiger partial charge in [-0.3, -0.25) is 0 Å². The zero-order chi connectivity index (χ0) is 13.9. The molecule has 2 N–H and O–H groups in total. The predicted octanol–water partition coefficient (Wildman–Crippen LogP) is 3.34. The molecule has 0 amide bonds. The van der Waals surface area contributed by atoms with Gasteiger partial charge < -0.3 is 10.4 Å². The van der Waals surface area contributed by atoms with Gasteiger partial charge >= 0.3 is 5.97 Å². The summed E-state index contributed by atoms with van der Waals surface area (Å²) < 4.78 is 13.7. The second kappa shape index (κ2) is 5.70. The highest BCUT2D eigenvalue weighted by molar-refractivity contribution is 5.87. The van der Waals surface area contributed by atoms with Gasteiger partial charge in [0, 0.05) is 17.6 Å². The van der Waals surface area contributed by atoms with Crippen LogP contribution in [-0.2, 0) is 6.54 Å². The molecule has 1 fully saturated rings. The maximum atomic E-state index is 13.7. The first-order valence-corrected chi connectivity index (χ1v) is 6.77. The van der Waals surface area contributed by atoms with Gasteiger partial charge in [0.05, 0.1) is 5.56 Å². The molecular formula is C15H20FNO2. The highest BCUT2D eigenvalue weighted by Gasteiger charge is 2.26. The molecule has 3 nitrogen and oxygen atoms in total. The smallest absolute Gasteiger partial charge is 0.335 e. The van der Waals surface area contributed by atoms with Crippen LogP contribution in [0.3, 0.4) is 0 Å². The largest absolute Gasteiger partial charge is 0.478 e. The standard InChI is InChI=1S/C15H20FNO2/c1-15(7-3-2-4-8-15)17-10-12-9-11(14(18)19)5-6-13(12)16/h5-6,9,17H,2-4,7-8,10H2,1H3,(H,18,19). The Hall–Kier alpha value is -1.42. The van der Waals surface area contributed by atoms with Crippen LogP contribution in [0.2, 0.25) is 0 Å². The van der Waals surface area contributed by atoms with Crippen molar-refractivity contribution in [3.05, 3.63) is 35.1 Å². The van der Waals surface area contributed by atoms with Gasteiger partial charge in [0.15, 0.2) is 0 Å². The van der Waals surface area contributed by atoms with Gasteiger partial charge in [-0.05, 0) is 38.0 Å². The van der Waals surface area contributed by atoms with Crippen LogP contribution >= 0.6 is 0 Å². The molecule has 1 aliphatic rings. The molecule has 0 radical (unpaired) electrons. The molecule has 0 heterocycles. The third-order valence-corrected chi connectivity index (χ3v) is 3.96. The Bertz CT molecular complexity index is 467.